The van der Waals surface area contributed by atoms with E-state index >= 15 is 0 Å². The first kappa shape index (κ1) is 10.5. The van der Waals surface area contributed by atoms with Gasteiger partial charge in [0.1, 0.15) is 11.3 Å². The van der Waals surface area contributed by atoms with Gasteiger partial charge in [-0.2, -0.15) is 10.5 Å². The second-order valence-electron chi connectivity index (χ2n) is 5.12. The van der Waals surface area contributed by atoms with E-state index in [0.717, 1.165) is 0 Å². The summed E-state index contributed by atoms with van der Waals surface area (Å²) in [6, 6.07) is 4.35. The van der Waals surface area contributed by atoms with Crippen molar-refractivity contribution >= 4 is 5.84 Å². The molecule has 1 aliphatic carbocycles. The average molecular weight is 232 g/mol. The van der Waals surface area contributed by atoms with Gasteiger partial charge in [-0.3, -0.25) is 0 Å². The zero-order valence-corrected chi connectivity index (χ0v) is 9.65. The van der Waals surface area contributed by atoms with Crippen molar-refractivity contribution in [2.45, 2.75) is 19.8 Å². The summed E-state index contributed by atoms with van der Waals surface area (Å²) in [7, 11) is 0. The second kappa shape index (κ2) is 2.45. The minimum absolute atomic E-state index is 0.147. The van der Waals surface area contributed by atoms with Gasteiger partial charge in [-0.15, -0.1) is 0 Å². The molecule has 1 saturated carbocycles. The Morgan fingerprint density at radius 1 is 1.24 bits per heavy atom. The highest BCUT2D eigenvalue weighted by atomic mass is 16.8. The first-order chi connectivity index (χ1) is 7.96. The van der Waals surface area contributed by atoms with Crippen LogP contribution >= 0.6 is 0 Å². The highest BCUT2D eigenvalue weighted by Crippen LogP contribution is 2.85. The number of fused-ring (bicyclic) bond motifs is 2. The Hall–Kier alpha value is -1.63. The number of hydrogen-bond acceptors (Lipinski definition) is 6. The van der Waals surface area contributed by atoms with Crippen LogP contribution in [0.2, 0.25) is 0 Å². The maximum atomic E-state index is 9.55. The van der Waals surface area contributed by atoms with Crippen molar-refractivity contribution in [3.05, 3.63) is 0 Å². The fourth-order valence-electron chi connectivity index (χ4n) is 3.60. The van der Waals surface area contributed by atoms with Gasteiger partial charge in [0, 0.05) is 5.41 Å². The third kappa shape index (κ3) is 0.645. The molecule has 88 valence electrons. The zero-order valence-electron chi connectivity index (χ0n) is 9.65. The topological polar surface area (TPSA) is 104 Å². The van der Waals surface area contributed by atoms with E-state index in [4.69, 9.17) is 15.2 Å². The van der Waals surface area contributed by atoms with Gasteiger partial charge in [0.15, 0.2) is 5.41 Å². The van der Waals surface area contributed by atoms with Crippen molar-refractivity contribution in [1.82, 2.24) is 0 Å². The largest absolute Gasteiger partial charge is 0.386 e. The molecule has 1 spiro atoms. The van der Waals surface area contributed by atoms with Crippen LogP contribution in [0.1, 0.15) is 13.8 Å². The van der Waals surface area contributed by atoms with Crippen LogP contribution in [0, 0.1) is 38.9 Å². The molecule has 3 rings (SSSR count). The van der Waals surface area contributed by atoms with E-state index in [-0.39, 0.29) is 5.84 Å². The zero-order chi connectivity index (χ0) is 12.5. The molecule has 0 aromatic carbocycles. The molecule has 6 heteroatoms. The van der Waals surface area contributed by atoms with E-state index < -0.39 is 22.2 Å². The molecule has 17 heavy (non-hydrogen) atoms. The summed E-state index contributed by atoms with van der Waals surface area (Å²) in [5.74, 6) is -1.24. The lowest BCUT2D eigenvalue weighted by molar-refractivity contribution is -0.190. The van der Waals surface area contributed by atoms with Crippen LogP contribution < -0.4 is 5.73 Å². The summed E-state index contributed by atoms with van der Waals surface area (Å²) in [6.07, 6.45) is 0. The smallest absolute Gasteiger partial charge is 0.293 e. The quantitative estimate of drug-likeness (QED) is 0.638. The third-order valence-corrected chi connectivity index (χ3v) is 4.51. The second-order valence-corrected chi connectivity index (χ2v) is 5.12. The van der Waals surface area contributed by atoms with Crippen LogP contribution in [0.25, 0.3) is 0 Å². The number of amidine groups is 1. The monoisotopic (exact) mass is 232 g/mol. The van der Waals surface area contributed by atoms with Gasteiger partial charge >= 0.3 is 0 Å². The number of nitriles is 2. The lowest BCUT2D eigenvalue weighted by Crippen LogP contribution is -2.40. The molecule has 0 radical (unpaired) electrons. The van der Waals surface area contributed by atoms with Gasteiger partial charge in [0.05, 0.1) is 25.4 Å². The number of hydrogen-bond donors (Lipinski definition) is 1. The van der Waals surface area contributed by atoms with Crippen LogP contribution in [0.4, 0.5) is 0 Å². The molecular formula is C11H12N4O2. The lowest BCUT2D eigenvalue weighted by Gasteiger charge is -2.27. The molecule has 0 amide bonds. The highest BCUT2D eigenvalue weighted by Gasteiger charge is 2.98. The fourth-order valence-corrected chi connectivity index (χ4v) is 3.60. The maximum Gasteiger partial charge on any atom is 0.293 e. The van der Waals surface area contributed by atoms with E-state index in [1.165, 1.54) is 0 Å². The van der Waals surface area contributed by atoms with E-state index in [2.05, 4.69) is 17.1 Å². The lowest BCUT2D eigenvalue weighted by atomic mass is 9.93. The van der Waals surface area contributed by atoms with E-state index in [9.17, 15) is 10.5 Å². The molecule has 2 unspecified atom stereocenters. The van der Waals surface area contributed by atoms with Crippen molar-refractivity contribution in [2.75, 3.05) is 13.2 Å². The molecule has 0 aromatic heterocycles. The van der Waals surface area contributed by atoms with Crippen molar-refractivity contribution in [3.63, 3.8) is 0 Å². The molecule has 3 aliphatic rings. The minimum Gasteiger partial charge on any atom is -0.386 e. The highest BCUT2D eigenvalue weighted by molar-refractivity contribution is 5.99. The van der Waals surface area contributed by atoms with Gasteiger partial charge in [0.2, 0.25) is 0 Å². The van der Waals surface area contributed by atoms with Crippen molar-refractivity contribution in [3.8, 4) is 12.1 Å². The number of nitrogens with two attached hydrogens (primary N) is 1. The van der Waals surface area contributed by atoms with Gasteiger partial charge < -0.3 is 15.2 Å². The Kier molecular flexibility index (Phi) is 1.52. The van der Waals surface area contributed by atoms with Crippen molar-refractivity contribution in [2.24, 2.45) is 27.0 Å². The number of aliphatic imine (C=N–C) groups is 1. The number of nitrogens with zero attached hydrogens (tertiary/aromatic N) is 3. The Morgan fingerprint density at radius 3 is 2.24 bits per heavy atom. The SMILES string of the molecule is CC1(C)C2(C#N)C(N)=NC3(OCCO3)C12C#N. The first-order valence-electron chi connectivity index (χ1n) is 5.42. The Balaban J connectivity index is 2.28. The van der Waals surface area contributed by atoms with E-state index in [0.29, 0.717) is 13.2 Å². The summed E-state index contributed by atoms with van der Waals surface area (Å²) in [5.41, 5.74) is 3.01. The van der Waals surface area contributed by atoms with Gasteiger partial charge in [0.25, 0.3) is 5.91 Å². The predicted octanol–water partition coefficient (Wildman–Crippen LogP) is 0.118. The summed E-state index contributed by atoms with van der Waals surface area (Å²) in [5, 5.41) is 19.0. The molecule has 0 aromatic rings. The van der Waals surface area contributed by atoms with Crippen LogP contribution in [0.5, 0.6) is 0 Å². The average Bonchev–Trinajstić information content (AvgIpc) is 2.63. The first-order valence-corrected chi connectivity index (χ1v) is 5.42. The fraction of sp³-hybridized carbons (Fsp3) is 0.727. The maximum absolute atomic E-state index is 9.55. The standard InChI is InChI=1S/C11H12N4O2/c1-8(2)9(5-12)7(14)15-11(10(8,9)6-13)16-3-4-17-11/h3-4H2,1-2H3,(H2,14,15). The van der Waals surface area contributed by atoms with Crippen LogP contribution in [0.3, 0.4) is 0 Å². The number of ether oxygens (including phenoxy) is 2. The van der Waals surface area contributed by atoms with Crippen molar-refractivity contribution in [1.29, 1.82) is 10.5 Å². The third-order valence-electron chi connectivity index (χ3n) is 4.51. The predicted molar refractivity (Wildman–Crippen MR) is 56.1 cm³/mol. The van der Waals surface area contributed by atoms with E-state index in [1.807, 2.05) is 13.8 Å². The van der Waals surface area contributed by atoms with Crippen LogP contribution in [-0.4, -0.2) is 25.0 Å². The molecule has 2 aliphatic heterocycles. The Morgan fingerprint density at radius 2 is 1.82 bits per heavy atom. The molecule has 6 nitrogen and oxygen atoms in total. The summed E-state index contributed by atoms with van der Waals surface area (Å²) in [4.78, 5) is 4.14. The Bertz CT molecular complexity index is 521. The molecule has 2 fully saturated rings. The van der Waals surface area contributed by atoms with Gasteiger partial charge in [-0.1, -0.05) is 13.8 Å². The summed E-state index contributed by atoms with van der Waals surface area (Å²) in [6.45, 7) is 4.37. The van der Waals surface area contributed by atoms with E-state index in [1.54, 1.807) is 0 Å². The molecule has 2 N–H and O–H groups in total. The summed E-state index contributed by atoms with van der Waals surface area (Å²) < 4.78 is 11.0. The van der Waals surface area contributed by atoms with Crippen LogP contribution in [-0.2, 0) is 9.47 Å². The molecule has 1 saturated heterocycles. The molecular weight excluding hydrogens is 220 g/mol. The molecule has 2 heterocycles. The van der Waals surface area contributed by atoms with Gasteiger partial charge in [-0.05, 0) is 0 Å². The molecule has 0 bridgehead atoms. The Labute approximate surface area is 98.6 Å². The normalized spacial score (nSPS) is 43.6. The van der Waals surface area contributed by atoms with Crippen molar-refractivity contribution < 1.29 is 9.47 Å². The molecule has 2 atom stereocenters. The summed E-state index contributed by atoms with van der Waals surface area (Å²) >= 11 is 0. The van der Waals surface area contributed by atoms with Crippen LogP contribution in [0.15, 0.2) is 4.99 Å². The number of rotatable bonds is 0. The minimum atomic E-state index is -1.38. The van der Waals surface area contributed by atoms with Gasteiger partial charge in [-0.25, -0.2) is 4.99 Å².